The molecule has 9 nitrogen and oxygen atoms in total. The molecular weight excluding hydrogens is 468 g/mol. The average Bonchev–Trinajstić information content (AvgIpc) is 2.81. The monoisotopic (exact) mass is 500 g/mol. The van der Waals surface area contributed by atoms with Crippen LogP contribution in [0.2, 0.25) is 0 Å². The molecule has 188 valence electrons. The Kier molecular flexibility index (Phi) is 6.90. The first kappa shape index (κ1) is 25.2. The van der Waals surface area contributed by atoms with E-state index in [2.05, 4.69) is 35.4 Å². The highest BCUT2D eigenvalue weighted by Crippen LogP contribution is 2.42. The van der Waals surface area contributed by atoms with Crippen molar-refractivity contribution in [2.45, 2.75) is 32.3 Å². The molecule has 3 heterocycles. The Bertz CT molecular complexity index is 1400. The number of anilines is 1. The van der Waals surface area contributed by atoms with Gasteiger partial charge in [0.1, 0.15) is 5.75 Å². The van der Waals surface area contributed by atoms with Gasteiger partial charge in [-0.1, -0.05) is 20.8 Å². The predicted molar refractivity (Wildman–Crippen MR) is 138 cm³/mol. The van der Waals surface area contributed by atoms with E-state index in [0.29, 0.717) is 30.8 Å². The SMILES string of the molecule is COc1c(C(C)(C)C)cc(-c2ccc[nH]c2=O)c2ncc(N3CCOC(CNS(C)(=O)=O)C3)cc12. The van der Waals surface area contributed by atoms with Crippen LogP contribution >= 0.6 is 0 Å². The number of pyridine rings is 2. The van der Waals surface area contributed by atoms with Gasteiger partial charge in [-0.3, -0.25) is 9.78 Å². The van der Waals surface area contributed by atoms with E-state index in [1.54, 1.807) is 31.6 Å². The number of rotatable bonds is 6. The fraction of sp³-hybridized carbons (Fsp3) is 0.440. The van der Waals surface area contributed by atoms with E-state index in [9.17, 15) is 13.2 Å². The predicted octanol–water partition coefficient (Wildman–Crippen LogP) is 2.65. The zero-order valence-corrected chi connectivity index (χ0v) is 21.5. The number of aromatic nitrogens is 2. The number of methoxy groups -OCH3 is 1. The zero-order chi connectivity index (χ0) is 25.4. The minimum atomic E-state index is -3.30. The Morgan fingerprint density at radius 3 is 2.71 bits per heavy atom. The number of hydrogen-bond donors (Lipinski definition) is 2. The van der Waals surface area contributed by atoms with E-state index in [0.717, 1.165) is 34.2 Å². The molecule has 10 heteroatoms. The Morgan fingerprint density at radius 2 is 2.06 bits per heavy atom. The molecule has 35 heavy (non-hydrogen) atoms. The Morgan fingerprint density at radius 1 is 1.29 bits per heavy atom. The second-order valence-electron chi connectivity index (χ2n) is 9.82. The van der Waals surface area contributed by atoms with Crippen molar-refractivity contribution in [1.29, 1.82) is 0 Å². The maximum atomic E-state index is 12.7. The van der Waals surface area contributed by atoms with Crippen LogP contribution < -0.4 is 19.9 Å². The van der Waals surface area contributed by atoms with E-state index in [1.165, 1.54) is 0 Å². The molecule has 1 aromatic carbocycles. The minimum Gasteiger partial charge on any atom is -0.496 e. The summed E-state index contributed by atoms with van der Waals surface area (Å²) < 4.78 is 37.2. The maximum Gasteiger partial charge on any atom is 0.255 e. The molecule has 1 atom stereocenters. The van der Waals surface area contributed by atoms with Gasteiger partial charge in [0.25, 0.3) is 5.56 Å². The van der Waals surface area contributed by atoms with Crippen molar-refractivity contribution < 1.29 is 17.9 Å². The number of fused-ring (bicyclic) bond motifs is 1. The highest BCUT2D eigenvalue weighted by atomic mass is 32.2. The normalized spacial score (nSPS) is 17.1. The van der Waals surface area contributed by atoms with Gasteiger partial charge in [0.05, 0.1) is 43.5 Å². The average molecular weight is 501 g/mol. The summed E-state index contributed by atoms with van der Waals surface area (Å²) in [6.07, 6.45) is 4.25. The van der Waals surface area contributed by atoms with Crippen LogP contribution in [0, 0.1) is 0 Å². The Hall–Kier alpha value is -2.95. The molecule has 3 aromatic rings. The van der Waals surface area contributed by atoms with Crippen molar-refractivity contribution in [3.05, 3.63) is 52.6 Å². The molecular formula is C25H32N4O5S. The summed E-state index contributed by atoms with van der Waals surface area (Å²) in [5.41, 5.74) is 3.40. The molecule has 0 saturated carbocycles. The molecule has 0 bridgehead atoms. The van der Waals surface area contributed by atoms with Crippen molar-refractivity contribution in [2.24, 2.45) is 0 Å². The first-order valence-corrected chi connectivity index (χ1v) is 13.4. The number of sulfonamides is 1. The van der Waals surface area contributed by atoms with E-state index in [-0.39, 0.29) is 23.6 Å². The molecule has 1 aliphatic heterocycles. The van der Waals surface area contributed by atoms with Gasteiger partial charge in [-0.2, -0.15) is 0 Å². The van der Waals surface area contributed by atoms with Crippen LogP contribution in [0.5, 0.6) is 5.75 Å². The number of benzene rings is 1. The number of morpholine rings is 1. The molecule has 0 radical (unpaired) electrons. The summed E-state index contributed by atoms with van der Waals surface area (Å²) in [6, 6.07) is 7.63. The second kappa shape index (κ2) is 9.60. The molecule has 4 rings (SSSR count). The number of aromatic amines is 1. The Balaban J connectivity index is 1.83. The van der Waals surface area contributed by atoms with Crippen LogP contribution in [0.15, 0.2) is 41.5 Å². The number of ether oxygens (including phenoxy) is 2. The van der Waals surface area contributed by atoms with E-state index < -0.39 is 10.0 Å². The van der Waals surface area contributed by atoms with E-state index in [4.69, 9.17) is 14.5 Å². The quantitative estimate of drug-likeness (QED) is 0.535. The largest absolute Gasteiger partial charge is 0.496 e. The third-order valence-electron chi connectivity index (χ3n) is 6.10. The summed E-state index contributed by atoms with van der Waals surface area (Å²) in [5, 5.41) is 0.813. The molecule has 0 spiro atoms. The lowest BCUT2D eigenvalue weighted by Gasteiger charge is -2.34. The second-order valence-corrected chi connectivity index (χ2v) is 11.6. The molecule has 1 saturated heterocycles. The molecule has 2 aromatic heterocycles. The highest BCUT2D eigenvalue weighted by Gasteiger charge is 2.27. The number of H-pyrrole nitrogens is 1. The van der Waals surface area contributed by atoms with Gasteiger partial charge in [0, 0.05) is 47.9 Å². The van der Waals surface area contributed by atoms with Crippen LogP contribution in [0.4, 0.5) is 5.69 Å². The van der Waals surface area contributed by atoms with E-state index >= 15 is 0 Å². The smallest absolute Gasteiger partial charge is 0.255 e. The fourth-order valence-corrected chi connectivity index (χ4v) is 4.86. The van der Waals surface area contributed by atoms with E-state index in [1.807, 2.05) is 12.1 Å². The molecule has 2 N–H and O–H groups in total. The number of nitrogens with one attached hydrogen (secondary N) is 2. The standard InChI is InChI=1S/C25H32N4O5S/c1-25(2,3)21-12-19(18-7-6-8-26-24(18)30)22-20(23(21)33-4)11-16(13-27-22)29-9-10-34-17(15-29)14-28-35(5,31)32/h6-8,11-13,17,28H,9-10,14-15H2,1-5H3,(H,26,30). The van der Waals surface area contributed by atoms with Gasteiger partial charge in [0.2, 0.25) is 10.0 Å². The molecule has 0 aliphatic carbocycles. The highest BCUT2D eigenvalue weighted by molar-refractivity contribution is 7.88. The van der Waals surface area contributed by atoms with Crippen LogP contribution in [0.25, 0.3) is 22.0 Å². The summed E-state index contributed by atoms with van der Waals surface area (Å²) in [7, 11) is -1.66. The lowest BCUT2D eigenvalue weighted by atomic mass is 9.83. The maximum absolute atomic E-state index is 12.7. The van der Waals surface area contributed by atoms with Gasteiger partial charge in [0.15, 0.2) is 0 Å². The van der Waals surface area contributed by atoms with Crippen LogP contribution in [-0.4, -0.2) is 64.1 Å². The van der Waals surface area contributed by atoms with Gasteiger partial charge >= 0.3 is 0 Å². The van der Waals surface area contributed by atoms with Crippen molar-refractivity contribution in [1.82, 2.24) is 14.7 Å². The lowest BCUT2D eigenvalue weighted by Crippen LogP contribution is -2.47. The van der Waals surface area contributed by atoms with Crippen molar-refractivity contribution in [3.8, 4) is 16.9 Å². The van der Waals surface area contributed by atoms with Gasteiger partial charge < -0.3 is 19.4 Å². The topological polar surface area (TPSA) is 114 Å². The van der Waals surface area contributed by atoms with Crippen LogP contribution in [-0.2, 0) is 20.2 Å². The van der Waals surface area contributed by atoms with Crippen molar-refractivity contribution in [3.63, 3.8) is 0 Å². The minimum absolute atomic E-state index is 0.181. The van der Waals surface area contributed by atoms with Gasteiger partial charge in [-0.15, -0.1) is 0 Å². The van der Waals surface area contributed by atoms with Crippen molar-refractivity contribution >= 4 is 26.6 Å². The summed E-state index contributed by atoms with van der Waals surface area (Å²) in [6.45, 7) is 8.15. The molecule has 1 fully saturated rings. The first-order valence-electron chi connectivity index (χ1n) is 11.5. The van der Waals surface area contributed by atoms with Gasteiger partial charge in [-0.25, -0.2) is 13.1 Å². The first-order chi connectivity index (χ1) is 16.5. The molecule has 1 aliphatic rings. The van der Waals surface area contributed by atoms with Crippen LogP contribution in [0.3, 0.4) is 0 Å². The number of nitrogens with zero attached hydrogens (tertiary/aromatic N) is 2. The zero-order valence-electron chi connectivity index (χ0n) is 20.7. The fourth-order valence-electron chi connectivity index (χ4n) is 4.38. The third-order valence-corrected chi connectivity index (χ3v) is 6.79. The lowest BCUT2D eigenvalue weighted by molar-refractivity contribution is 0.0442. The summed E-state index contributed by atoms with van der Waals surface area (Å²) in [5.74, 6) is 0.724. The summed E-state index contributed by atoms with van der Waals surface area (Å²) in [4.78, 5) is 22.3. The summed E-state index contributed by atoms with van der Waals surface area (Å²) >= 11 is 0. The Labute approximate surface area is 205 Å². The molecule has 0 amide bonds. The number of hydrogen-bond acceptors (Lipinski definition) is 7. The molecule has 1 unspecified atom stereocenters. The van der Waals surface area contributed by atoms with Crippen molar-refractivity contribution in [2.75, 3.05) is 44.5 Å². The van der Waals surface area contributed by atoms with Crippen LogP contribution in [0.1, 0.15) is 26.3 Å². The third kappa shape index (κ3) is 5.50. The van der Waals surface area contributed by atoms with Gasteiger partial charge in [-0.05, 0) is 29.7 Å².